The van der Waals surface area contributed by atoms with Crippen molar-refractivity contribution in [2.24, 2.45) is 0 Å². The molecular formula is C26H24N2O2. The topological polar surface area (TPSA) is 49.4 Å². The third-order valence-corrected chi connectivity index (χ3v) is 5.18. The summed E-state index contributed by atoms with van der Waals surface area (Å²) >= 11 is 0. The second-order valence-corrected chi connectivity index (χ2v) is 8.35. The molecule has 0 aliphatic carbocycles. The molecule has 2 amide bonds. The fourth-order valence-corrected chi connectivity index (χ4v) is 3.53. The summed E-state index contributed by atoms with van der Waals surface area (Å²) in [5.41, 5.74) is 3.94. The lowest BCUT2D eigenvalue weighted by Gasteiger charge is -2.19. The van der Waals surface area contributed by atoms with Crippen LogP contribution < -0.4 is 10.2 Å². The molecule has 30 heavy (non-hydrogen) atoms. The molecule has 4 heteroatoms. The highest BCUT2D eigenvalue weighted by Gasteiger charge is 2.40. The van der Waals surface area contributed by atoms with Crippen molar-refractivity contribution < 1.29 is 9.59 Å². The van der Waals surface area contributed by atoms with E-state index in [4.69, 9.17) is 0 Å². The summed E-state index contributed by atoms with van der Waals surface area (Å²) in [7, 11) is 0. The Morgan fingerprint density at radius 1 is 0.700 bits per heavy atom. The molecule has 0 saturated carbocycles. The van der Waals surface area contributed by atoms with Crippen LogP contribution in [0.2, 0.25) is 0 Å². The third-order valence-electron chi connectivity index (χ3n) is 5.18. The van der Waals surface area contributed by atoms with Crippen molar-refractivity contribution in [1.82, 2.24) is 0 Å². The molecule has 150 valence electrons. The number of nitrogens with zero attached hydrogens (tertiary/aromatic N) is 1. The minimum atomic E-state index is -0.357. The molecule has 0 atom stereocenters. The van der Waals surface area contributed by atoms with E-state index in [2.05, 4.69) is 26.1 Å². The molecule has 4 nitrogen and oxygen atoms in total. The number of rotatable bonds is 4. The molecule has 1 aliphatic heterocycles. The molecule has 0 aromatic heterocycles. The van der Waals surface area contributed by atoms with Crippen LogP contribution in [0, 0.1) is 0 Å². The SMILES string of the molecule is CC(C)(C)c1ccc(NC2=C(c3ccccc3)C(=O)N(c3ccccc3)C2=O)cc1. The van der Waals surface area contributed by atoms with Gasteiger partial charge in [0, 0.05) is 5.69 Å². The van der Waals surface area contributed by atoms with Crippen molar-refractivity contribution in [3.8, 4) is 0 Å². The van der Waals surface area contributed by atoms with Crippen LogP contribution in [0.15, 0.2) is 90.6 Å². The number of hydrogen-bond donors (Lipinski definition) is 1. The molecule has 0 bridgehead atoms. The molecule has 1 heterocycles. The van der Waals surface area contributed by atoms with Crippen molar-refractivity contribution >= 4 is 28.8 Å². The van der Waals surface area contributed by atoms with Crippen LogP contribution in [-0.2, 0) is 15.0 Å². The van der Waals surface area contributed by atoms with Gasteiger partial charge in [-0.15, -0.1) is 0 Å². The van der Waals surface area contributed by atoms with Crippen LogP contribution in [0.1, 0.15) is 31.9 Å². The number of anilines is 2. The van der Waals surface area contributed by atoms with E-state index in [9.17, 15) is 9.59 Å². The number of benzene rings is 3. The largest absolute Gasteiger partial charge is 0.350 e. The van der Waals surface area contributed by atoms with Gasteiger partial charge < -0.3 is 5.32 Å². The number of hydrogen-bond acceptors (Lipinski definition) is 3. The van der Waals surface area contributed by atoms with E-state index in [0.717, 1.165) is 5.69 Å². The maximum absolute atomic E-state index is 13.3. The molecule has 0 spiro atoms. The molecule has 1 N–H and O–H groups in total. The van der Waals surface area contributed by atoms with E-state index in [-0.39, 0.29) is 17.2 Å². The highest BCUT2D eigenvalue weighted by atomic mass is 16.2. The highest BCUT2D eigenvalue weighted by Crippen LogP contribution is 2.34. The van der Waals surface area contributed by atoms with E-state index < -0.39 is 0 Å². The average molecular weight is 396 g/mol. The van der Waals surface area contributed by atoms with Gasteiger partial charge in [-0.05, 0) is 40.8 Å². The molecule has 4 rings (SSSR count). The summed E-state index contributed by atoms with van der Waals surface area (Å²) in [6.45, 7) is 6.47. The molecule has 0 saturated heterocycles. The smallest absolute Gasteiger partial charge is 0.282 e. The Kier molecular flexibility index (Phi) is 5.00. The van der Waals surface area contributed by atoms with E-state index in [0.29, 0.717) is 22.5 Å². The van der Waals surface area contributed by atoms with Crippen LogP contribution in [-0.4, -0.2) is 11.8 Å². The molecule has 0 unspecified atom stereocenters. The van der Waals surface area contributed by atoms with Gasteiger partial charge in [-0.3, -0.25) is 9.59 Å². The van der Waals surface area contributed by atoms with Crippen LogP contribution in [0.4, 0.5) is 11.4 Å². The molecule has 1 aliphatic rings. The van der Waals surface area contributed by atoms with E-state index >= 15 is 0 Å². The van der Waals surface area contributed by atoms with Gasteiger partial charge in [0.05, 0.1) is 11.3 Å². The minimum absolute atomic E-state index is 0.0379. The lowest BCUT2D eigenvalue weighted by molar-refractivity contribution is -0.120. The van der Waals surface area contributed by atoms with Gasteiger partial charge in [-0.2, -0.15) is 0 Å². The zero-order valence-electron chi connectivity index (χ0n) is 17.3. The Morgan fingerprint density at radius 3 is 1.83 bits per heavy atom. The zero-order chi connectivity index (χ0) is 21.3. The quantitative estimate of drug-likeness (QED) is 0.602. The summed E-state index contributed by atoms with van der Waals surface area (Å²) in [6, 6.07) is 26.3. The molecule has 3 aromatic carbocycles. The number of imide groups is 1. The molecule has 3 aromatic rings. The maximum Gasteiger partial charge on any atom is 0.282 e. The Labute approximate surface area is 176 Å². The van der Waals surface area contributed by atoms with Crippen LogP contribution in [0.5, 0.6) is 0 Å². The van der Waals surface area contributed by atoms with Gasteiger partial charge in [-0.25, -0.2) is 4.90 Å². The minimum Gasteiger partial charge on any atom is -0.350 e. The summed E-state index contributed by atoms with van der Waals surface area (Å²) in [5, 5.41) is 3.22. The first kappa shape index (κ1) is 19.6. The predicted octanol–water partition coefficient (Wildman–Crippen LogP) is 5.38. The third kappa shape index (κ3) is 3.64. The van der Waals surface area contributed by atoms with Crippen LogP contribution in [0.3, 0.4) is 0 Å². The average Bonchev–Trinajstić information content (AvgIpc) is 2.98. The maximum atomic E-state index is 13.3. The fourth-order valence-electron chi connectivity index (χ4n) is 3.53. The van der Waals surface area contributed by atoms with E-state index in [1.54, 1.807) is 12.1 Å². The Morgan fingerprint density at radius 2 is 1.27 bits per heavy atom. The second-order valence-electron chi connectivity index (χ2n) is 8.35. The van der Waals surface area contributed by atoms with Crippen molar-refractivity contribution in [1.29, 1.82) is 0 Å². The first-order valence-electron chi connectivity index (χ1n) is 9.97. The van der Waals surface area contributed by atoms with Gasteiger partial charge in [0.25, 0.3) is 11.8 Å². The number of carbonyl (C=O) groups excluding carboxylic acids is 2. The standard InChI is InChI=1S/C26H24N2O2/c1-26(2,3)19-14-16-20(17-15-19)27-23-22(18-10-6-4-7-11-18)24(29)28(25(23)30)21-12-8-5-9-13-21/h4-17,27H,1-3H3. The van der Waals surface area contributed by atoms with Gasteiger partial charge in [0.1, 0.15) is 5.70 Å². The Balaban J connectivity index is 1.76. The molecule has 0 fully saturated rings. The van der Waals surface area contributed by atoms with Gasteiger partial charge in [-0.1, -0.05) is 81.4 Å². The number of amides is 2. The molecule has 0 radical (unpaired) electrons. The summed E-state index contributed by atoms with van der Waals surface area (Å²) in [5.74, 6) is -0.684. The predicted molar refractivity (Wildman–Crippen MR) is 121 cm³/mol. The van der Waals surface area contributed by atoms with E-state index in [1.165, 1.54) is 10.5 Å². The van der Waals surface area contributed by atoms with Crippen LogP contribution >= 0.6 is 0 Å². The van der Waals surface area contributed by atoms with Crippen molar-refractivity contribution in [3.05, 3.63) is 102 Å². The zero-order valence-corrected chi connectivity index (χ0v) is 17.3. The second kappa shape index (κ2) is 7.64. The van der Waals surface area contributed by atoms with Crippen molar-refractivity contribution in [2.45, 2.75) is 26.2 Å². The van der Waals surface area contributed by atoms with Crippen LogP contribution in [0.25, 0.3) is 5.57 Å². The summed E-state index contributed by atoms with van der Waals surface area (Å²) in [4.78, 5) is 27.9. The van der Waals surface area contributed by atoms with Gasteiger partial charge in [0.15, 0.2) is 0 Å². The van der Waals surface area contributed by atoms with Crippen molar-refractivity contribution in [3.63, 3.8) is 0 Å². The van der Waals surface area contributed by atoms with E-state index in [1.807, 2.05) is 72.8 Å². The number of para-hydroxylation sites is 1. The number of carbonyl (C=O) groups is 2. The fraction of sp³-hybridized carbons (Fsp3) is 0.154. The lowest BCUT2D eigenvalue weighted by Crippen LogP contribution is -2.32. The Bertz CT molecular complexity index is 1110. The number of nitrogens with one attached hydrogen (secondary N) is 1. The van der Waals surface area contributed by atoms with Gasteiger partial charge >= 0.3 is 0 Å². The lowest BCUT2D eigenvalue weighted by atomic mass is 9.87. The Hall–Kier alpha value is -3.66. The summed E-state index contributed by atoms with van der Waals surface area (Å²) < 4.78 is 0. The first-order valence-corrected chi connectivity index (χ1v) is 9.97. The van der Waals surface area contributed by atoms with Gasteiger partial charge in [0.2, 0.25) is 0 Å². The monoisotopic (exact) mass is 396 g/mol. The van der Waals surface area contributed by atoms with Crippen molar-refractivity contribution in [2.75, 3.05) is 10.2 Å². The summed E-state index contributed by atoms with van der Waals surface area (Å²) in [6.07, 6.45) is 0. The molecular weight excluding hydrogens is 372 g/mol. The highest BCUT2D eigenvalue weighted by molar-refractivity contribution is 6.46. The normalized spacial score (nSPS) is 14.4. The first-order chi connectivity index (χ1) is 14.4.